The third-order valence-corrected chi connectivity index (χ3v) is 2.92. The SMILES string of the molecule is CCOC(=O)CC(=O)C(C)C.CCOC=C(C(=O)OCC)C(=O)C(C)C. The van der Waals surface area contributed by atoms with Crippen LogP contribution in [-0.2, 0) is 33.4 Å². The third kappa shape index (κ3) is 12.2. The van der Waals surface area contributed by atoms with Gasteiger partial charge in [0.15, 0.2) is 5.78 Å². The predicted octanol–water partition coefficient (Wildman–Crippen LogP) is 2.86. The van der Waals surface area contributed by atoms with Crippen molar-refractivity contribution in [1.82, 2.24) is 0 Å². The molecule has 7 nitrogen and oxygen atoms in total. The lowest BCUT2D eigenvalue weighted by atomic mass is 10.0. The molecule has 0 aromatic heterocycles. The zero-order chi connectivity index (χ0) is 20.7. The van der Waals surface area contributed by atoms with E-state index in [2.05, 4.69) is 4.74 Å². The molecule has 150 valence electrons. The molecule has 26 heavy (non-hydrogen) atoms. The highest BCUT2D eigenvalue weighted by Crippen LogP contribution is 2.08. The first kappa shape index (κ1) is 26.1. The molecule has 0 rings (SSSR count). The lowest BCUT2D eigenvalue weighted by Crippen LogP contribution is -2.20. The van der Waals surface area contributed by atoms with Gasteiger partial charge in [-0.1, -0.05) is 27.7 Å². The van der Waals surface area contributed by atoms with Crippen molar-refractivity contribution in [3.05, 3.63) is 11.8 Å². The number of ether oxygens (including phenoxy) is 3. The summed E-state index contributed by atoms with van der Waals surface area (Å²) in [5.41, 5.74) is -0.0197. The van der Waals surface area contributed by atoms with Crippen LogP contribution in [0, 0.1) is 11.8 Å². The Hall–Kier alpha value is -2.18. The van der Waals surface area contributed by atoms with Gasteiger partial charge in [0.05, 0.1) is 19.8 Å². The van der Waals surface area contributed by atoms with Gasteiger partial charge in [-0.05, 0) is 20.8 Å². The number of rotatable bonds is 10. The molecule has 0 radical (unpaired) electrons. The Morgan fingerprint density at radius 3 is 1.73 bits per heavy atom. The van der Waals surface area contributed by atoms with Crippen molar-refractivity contribution in [3.8, 4) is 0 Å². The summed E-state index contributed by atoms with van der Waals surface area (Å²) in [4.78, 5) is 44.7. The third-order valence-electron chi connectivity index (χ3n) is 2.92. The lowest BCUT2D eigenvalue weighted by molar-refractivity contribution is -0.146. The van der Waals surface area contributed by atoms with E-state index in [0.717, 1.165) is 0 Å². The summed E-state index contributed by atoms with van der Waals surface area (Å²) < 4.78 is 14.3. The van der Waals surface area contributed by atoms with Gasteiger partial charge in [0.2, 0.25) is 0 Å². The Labute approximate surface area is 156 Å². The largest absolute Gasteiger partial charge is 0.500 e. The van der Waals surface area contributed by atoms with Crippen LogP contribution >= 0.6 is 0 Å². The van der Waals surface area contributed by atoms with E-state index >= 15 is 0 Å². The van der Waals surface area contributed by atoms with E-state index in [1.165, 1.54) is 6.26 Å². The van der Waals surface area contributed by atoms with Crippen LogP contribution in [0.3, 0.4) is 0 Å². The van der Waals surface area contributed by atoms with Crippen LogP contribution in [0.1, 0.15) is 54.9 Å². The molecule has 0 aromatic rings. The van der Waals surface area contributed by atoms with Crippen LogP contribution in [-0.4, -0.2) is 43.3 Å². The molecule has 7 heteroatoms. The van der Waals surface area contributed by atoms with Gasteiger partial charge >= 0.3 is 11.9 Å². The normalized spacial score (nSPS) is 10.7. The minimum Gasteiger partial charge on any atom is -0.500 e. The molecule has 0 aliphatic rings. The minimum absolute atomic E-state index is 0.0197. The van der Waals surface area contributed by atoms with Crippen molar-refractivity contribution in [2.75, 3.05) is 19.8 Å². The second-order valence-electron chi connectivity index (χ2n) is 5.83. The van der Waals surface area contributed by atoms with Gasteiger partial charge in [0.25, 0.3) is 0 Å². The summed E-state index contributed by atoms with van der Waals surface area (Å²) in [5, 5.41) is 0. The molecule has 0 spiro atoms. The van der Waals surface area contributed by atoms with Crippen LogP contribution in [0.15, 0.2) is 11.8 Å². The van der Waals surface area contributed by atoms with Gasteiger partial charge < -0.3 is 14.2 Å². The van der Waals surface area contributed by atoms with Crippen molar-refractivity contribution in [2.45, 2.75) is 54.9 Å². The highest BCUT2D eigenvalue weighted by molar-refractivity contribution is 6.17. The van der Waals surface area contributed by atoms with Gasteiger partial charge in [-0.25, -0.2) is 4.79 Å². The number of carbonyl (C=O) groups is 4. The van der Waals surface area contributed by atoms with Gasteiger partial charge in [-0.3, -0.25) is 14.4 Å². The Morgan fingerprint density at radius 2 is 1.35 bits per heavy atom. The molecule has 0 saturated carbocycles. The number of carbonyl (C=O) groups excluding carboxylic acids is 4. The predicted molar refractivity (Wildman–Crippen MR) is 97.3 cm³/mol. The molecule has 0 atom stereocenters. The number of hydrogen-bond acceptors (Lipinski definition) is 7. The summed E-state index contributed by atoms with van der Waals surface area (Å²) in [6.07, 6.45) is 1.09. The van der Waals surface area contributed by atoms with Gasteiger partial charge in [-0.15, -0.1) is 0 Å². The van der Waals surface area contributed by atoms with Crippen molar-refractivity contribution >= 4 is 23.5 Å². The van der Waals surface area contributed by atoms with Gasteiger partial charge in [-0.2, -0.15) is 0 Å². The van der Waals surface area contributed by atoms with Crippen molar-refractivity contribution in [3.63, 3.8) is 0 Å². The summed E-state index contributed by atoms with van der Waals surface area (Å²) in [6.45, 7) is 13.2. The van der Waals surface area contributed by atoms with Crippen LogP contribution in [0.4, 0.5) is 0 Å². The number of esters is 2. The summed E-state index contributed by atoms with van der Waals surface area (Å²) in [6, 6.07) is 0. The molecule has 0 heterocycles. The Bertz CT molecular complexity index is 490. The first-order valence-electron chi connectivity index (χ1n) is 8.83. The molecular weight excluding hydrogens is 340 g/mol. The van der Waals surface area contributed by atoms with Gasteiger partial charge in [0, 0.05) is 11.8 Å². The van der Waals surface area contributed by atoms with Crippen molar-refractivity contribution in [2.24, 2.45) is 11.8 Å². The topological polar surface area (TPSA) is 96.0 Å². The molecule has 0 saturated heterocycles. The highest BCUT2D eigenvalue weighted by Gasteiger charge is 2.22. The van der Waals surface area contributed by atoms with Crippen LogP contribution in [0.2, 0.25) is 0 Å². The molecule has 0 aliphatic carbocycles. The Morgan fingerprint density at radius 1 is 0.808 bits per heavy atom. The zero-order valence-corrected chi connectivity index (χ0v) is 16.9. The maximum absolute atomic E-state index is 11.6. The fraction of sp³-hybridized carbons (Fsp3) is 0.684. The van der Waals surface area contributed by atoms with E-state index in [1.54, 1.807) is 48.5 Å². The molecule has 0 amide bonds. The number of hydrogen-bond donors (Lipinski definition) is 0. The smallest absolute Gasteiger partial charge is 0.344 e. The molecule has 0 aliphatic heterocycles. The average Bonchev–Trinajstić information content (AvgIpc) is 2.55. The number of Topliss-reactive ketones (excluding diaryl/α,β-unsaturated/α-hetero) is 2. The van der Waals surface area contributed by atoms with Crippen molar-refractivity contribution in [1.29, 1.82) is 0 Å². The number of ketones is 2. The van der Waals surface area contributed by atoms with E-state index < -0.39 is 11.9 Å². The summed E-state index contributed by atoms with van der Waals surface area (Å²) in [5.74, 6) is -1.71. The Balaban J connectivity index is 0. The standard InChI is InChI=1S/C11H18O4.C8H14O3/c1-5-14-7-9(10(12)8(3)4)11(13)15-6-2;1-4-11-8(10)5-7(9)6(2)3/h7-8H,5-6H2,1-4H3;6H,4-5H2,1-3H3. The maximum atomic E-state index is 11.6. The monoisotopic (exact) mass is 372 g/mol. The zero-order valence-electron chi connectivity index (χ0n) is 16.9. The molecule has 0 fully saturated rings. The van der Waals surface area contributed by atoms with Crippen molar-refractivity contribution < 1.29 is 33.4 Å². The molecule has 0 aromatic carbocycles. The molecule has 0 N–H and O–H groups in total. The van der Waals surface area contributed by atoms with E-state index in [-0.39, 0.29) is 42.0 Å². The second kappa shape index (κ2) is 15.1. The fourth-order valence-electron chi connectivity index (χ4n) is 1.45. The highest BCUT2D eigenvalue weighted by atomic mass is 16.5. The molecule has 0 unspecified atom stereocenters. The lowest BCUT2D eigenvalue weighted by Gasteiger charge is -2.08. The fourth-order valence-corrected chi connectivity index (χ4v) is 1.45. The van der Waals surface area contributed by atoms with Crippen LogP contribution in [0.25, 0.3) is 0 Å². The maximum Gasteiger partial charge on any atom is 0.344 e. The first-order valence-corrected chi connectivity index (χ1v) is 8.83. The summed E-state index contributed by atoms with van der Waals surface area (Å²) in [7, 11) is 0. The van der Waals surface area contributed by atoms with E-state index in [1.807, 2.05) is 0 Å². The second-order valence-corrected chi connectivity index (χ2v) is 5.83. The summed E-state index contributed by atoms with van der Waals surface area (Å²) >= 11 is 0. The average molecular weight is 372 g/mol. The van der Waals surface area contributed by atoms with E-state index in [0.29, 0.717) is 13.2 Å². The van der Waals surface area contributed by atoms with E-state index in [9.17, 15) is 19.2 Å². The molecule has 0 bridgehead atoms. The van der Waals surface area contributed by atoms with E-state index in [4.69, 9.17) is 9.47 Å². The first-order chi connectivity index (χ1) is 12.1. The Kier molecular flexibility index (Phi) is 15.1. The molecular formula is C19H32O7. The van der Waals surface area contributed by atoms with Gasteiger partial charge in [0.1, 0.15) is 24.0 Å². The van der Waals surface area contributed by atoms with Crippen LogP contribution < -0.4 is 0 Å². The minimum atomic E-state index is -0.621. The quantitative estimate of drug-likeness (QED) is 0.191. The van der Waals surface area contributed by atoms with Crippen LogP contribution in [0.5, 0.6) is 0 Å².